The van der Waals surface area contributed by atoms with E-state index in [1.165, 1.54) is 4.90 Å². The van der Waals surface area contributed by atoms with Crippen molar-refractivity contribution in [1.29, 1.82) is 5.26 Å². The Balaban J connectivity index is 1.78. The highest BCUT2D eigenvalue weighted by Crippen LogP contribution is 2.39. The van der Waals surface area contributed by atoms with Crippen molar-refractivity contribution in [3.8, 4) is 6.07 Å². The minimum absolute atomic E-state index is 0.215. The molecule has 1 aliphatic carbocycles. The van der Waals surface area contributed by atoms with Gasteiger partial charge < -0.3 is 0 Å². The van der Waals surface area contributed by atoms with Crippen molar-refractivity contribution < 1.29 is 9.59 Å². The number of aryl methyl sites for hydroxylation is 1. The fourth-order valence-corrected chi connectivity index (χ4v) is 3.62. The Hall–Kier alpha value is -2.93. The molecule has 2 amide bonds. The van der Waals surface area contributed by atoms with E-state index in [0.717, 1.165) is 30.4 Å². The molecule has 0 bridgehead atoms. The minimum atomic E-state index is -0.237. The van der Waals surface area contributed by atoms with E-state index in [2.05, 4.69) is 6.07 Å². The Morgan fingerprint density at radius 1 is 1.04 bits per heavy atom. The fourth-order valence-electron chi connectivity index (χ4n) is 3.62. The third-order valence-corrected chi connectivity index (χ3v) is 4.69. The van der Waals surface area contributed by atoms with Gasteiger partial charge in [0.25, 0.3) is 11.8 Å². The van der Waals surface area contributed by atoms with E-state index in [1.807, 2.05) is 12.1 Å². The molecule has 2 aromatic rings. The first-order valence-corrected chi connectivity index (χ1v) is 7.70. The zero-order valence-electron chi connectivity index (χ0n) is 12.5. The normalized spacial score (nSPS) is 19.3. The predicted octanol–water partition coefficient (Wildman–Crippen LogP) is 3.23. The molecule has 1 heterocycles. The van der Waals surface area contributed by atoms with Crippen LogP contribution in [0.4, 0.5) is 0 Å². The first-order chi connectivity index (χ1) is 11.2. The summed E-state index contributed by atoms with van der Waals surface area (Å²) in [5, 5.41) is 9.05. The second kappa shape index (κ2) is 5.06. The van der Waals surface area contributed by atoms with Gasteiger partial charge in [0, 0.05) is 0 Å². The van der Waals surface area contributed by atoms with Crippen molar-refractivity contribution in [2.75, 3.05) is 0 Å². The lowest BCUT2D eigenvalue weighted by Crippen LogP contribution is -2.36. The number of nitrogens with zero attached hydrogens (tertiary/aromatic N) is 2. The van der Waals surface area contributed by atoms with Crippen molar-refractivity contribution in [3.63, 3.8) is 0 Å². The number of carbonyl (C=O) groups is 2. The van der Waals surface area contributed by atoms with Crippen molar-refractivity contribution in [3.05, 3.63) is 70.3 Å². The van der Waals surface area contributed by atoms with Crippen LogP contribution >= 0.6 is 0 Å². The third kappa shape index (κ3) is 1.97. The van der Waals surface area contributed by atoms with Crippen LogP contribution in [0, 0.1) is 11.3 Å². The largest absolute Gasteiger partial charge is 0.269 e. The Bertz CT molecular complexity index is 844. The molecule has 0 aromatic heterocycles. The molecule has 1 unspecified atom stereocenters. The zero-order valence-corrected chi connectivity index (χ0v) is 12.5. The predicted molar refractivity (Wildman–Crippen MR) is 83.8 cm³/mol. The van der Waals surface area contributed by atoms with Gasteiger partial charge in [0.05, 0.1) is 28.8 Å². The van der Waals surface area contributed by atoms with Crippen LogP contribution in [-0.4, -0.2) is 16.7 Å². The maximum absolute atomic E-state index is 12.7. The monoisotopic (exact) mass is 302 g/mol. The fraction of sp³-hybridized carbons (Fsp3) is 0.211. The number of benzene rings is 2. The van der Waals surface area contributed by atoms with E-state index >= 15 is 0 Å². The number of hydrogen-bond donors (Lipinski definition) is 0. The lowest BCUT2D eigenvalue weighted by molar-refractivity contribution is 0.0566. The molecule has 0 spiro atoms. The second-order valence-corrected chi connectivity index (χ2v) is 5.96. The molecule has 0 radical (unpaired) electrons. The molecular formula is C19H14N2O2. The first kappa shape index (κ1) is 13.7. The van der Waals surface area contributed by atoms with E-state index in [0.29, 0.717) is 16.7 Å². The average Bonchev–Trinajstić information content (AvgIpc) is 2.85. The van der Waals surface area contributed by atoms with Crippen LogP contribution in [0.1, 0.15) is 56.3 Å². The Kier molecular flexibility index (Phi) is 3.02. The molecule has 112 valence electrons. The van der Waals surface area contributed by atoms with Crippen molar-refractivity contribution in [2.24, 2.45) is 0 Å². The van der Waals surface area contributed by atoms with Gasteiger partial charge in [-0.2, -0.15) is 5.26 Å². The number of hydrogen-bond acceptors (Lipinski definition) is 3. The molecule has 0 saturated heterocycles. The molecule has 2 aliphatic rings. The van der Waals surface area contributed by atoms with Crippen LogP contribution in [0.25, 0.3) is 0 Å². The van der Waals surface area contributed by atoms with Crippen LogP contribution in [0.2, 0.25) is 0 Å². The maximum Gasteiger partial charge on any atom is 0.262 e. The van der Waals surface area contributed by atoms with Crippen LogP contribution in [-0.2, 0) is 6.42 Å². The van der Waals surface area contributed by atoms with E-state index < -0.39 is 0 Å². The summed E-state index contributed by atoms with van der Waals surface area (Å²) in [4.78, 5) is 26.8. The van der Waals surface area contributed by atoms with Gasteiger partial charge in [-0.3, -0.25) is 14.5 Å². The molecule has 4 heteroatoms. The Morgan fingerprint density at radius 2 is 1.74 bits per heavy atom. The van der Waals surface area contributed by atoms with Gasteiger partial charge >= 0.3 is 0 Å². The highest BCUT2D eigenvalue weighted by atomic mass is 16.2. The van der Waals surface area contributed by atoms with Gasteiger partial charge in [-0.05, 0) is 54.7 Å². The van der Waals surface area contributed by atoms with Crippen molar-refractivity contribution in [2.45, 2.75) is 25.3 Å². The molecule has 0 fully saturated rings. The molecular weight excluding hydrogens is 288 g/mol. The highest BCUT2D eigenvalue weighted by Gasteiger charge is 2.41. The lowest BCUT2D eigenvalue weighted by atomic mass is 9.86. The second-order valence-electron chi connectivity index (χ2n) is 5.96. The lowest BCUT2D eigenvalue weighted by Gasteiger charge is -2.31. The quantitative estimate of drug-likeness (QED) is 0.760. The summed E-state index contributed by atoms with van der Waals surface area (Å²) in [6, 6.07) is 14.4. The number of rotatable bonds is 1. The zero-order chi connectivity index (χ0) is 16.0. The summed E-state index contributed by atoms with van der Waals surface area (Å²) in [5.41, 5.74) is 3.64. The van der Waals surface area contributed by atoms with Crippen molar-refractivity contribution >= 4 is 11.8 Å². The number of nitriles is 1. The molecule has 4 rings (SSSR count). The Morgan fingerprint density at radius 3 is 2.39 bits per heavy atom. The van der Waals surface area contributed by atoms with Gasteiger partial charge in [-0.15, -0.1) is 0 Å². The molecule has 0 saturated carbocycles. The summed E-state index contributed by atoms with van der Waals surface area (Å²) in [7, 11) is 0. The summed E-state index contributed by atoms with van der Waals surface area (Å²) >= 11 is 0. The SMILES string of the molecule is N#Cc1ccc2c(c1)CCCC2N1C(=O)c2ccccc2C1=O. The average molecular weight is 302 g/mol. The molecule has 23 heavy (non-hydrogen) atoms. The van der Waals surface area contributed by atoms with E-state index in [4.69, 9.17) is 5.26 Å². The molecule has 4 nitrogen and oxygen atoms in total. The van der Waals surface area contributed by atoms with Gasteiger partial charge in [-0.25, -0.2) is 0 Å². The number of amides is 2. The van der Waals surface area contributed by atoms with Crippen molar-refractivity contribution in [1.82, 2.24) is 4.90 Å². The smallest absolute Gasteiger partial charge is 0.262 e. The third-order valence-electron chi connectivity index (χ3n) is 4.69. The van der Waals surface area contributed by atoms with Crippen LogP contribution in [0.15, 0.2) is 42.5 Å². The standard InChI is InChI=1S/C19H14N2O2/c20-11-12-8-9-14-13(10-12)4-3-7-17(14)21-18(22)15-5-1-2-6-16(15)19(21)23/h1-2,5-6,8-10,17H,3-4,7H2. The van der Waals surface area contributed by atoms with Crippen LogP contribution in [0.3, 0.4) is 0 Å². The number of imide groups is 1. The number of fused-ring (bicyclic) bond motifs is 2. The first-order valence-electron chi connectivity index (χ1n) is 7.70. The molecule has 2 aromatic carbocycles. The van der Waals surface area contributed by atoms with E-state index in [9.17, 15) is 9.59 Å². The van der Waals surface area contributed by atoms with Gasteiger partial charge in [0.1, 0.15) is 0 Å². The van der Waals surface area contributed by atoms with Gasteiger partial charge in [0.15, 0.2) is 0 Å². The summed E-state index contributed by atoms with van der Waals surface area (Å²) in [6.07, 6.45) is 2.55. The van der Waals surface area contributed by atoms with Gasteiger partial charge in [-0.1, -0.05) is 18.2 Å². The summed E-state index contributed by atoms with van der Waals surface area (Å²) in [6.45, 7) is 0. The minimum Gasteiger partial charge on any atom is -0.269 e. The van der Waals surface area contributed by atoms with Crippen LogP contribution in [0.5, 0.6) is 0 Å². The van der Waals surface area contributed by atoms with Gasteiger partial charge in [0.2, 0.25) is 0 Å². The molecule has 0 N–H and O–H groups in total. The van der Waals surface area contributed by atoms with E-state index in [-0.39, 0.29) is 17.9 Å². The number of carbonyl (C=O) groups excluding carboxylic acids is 2. The maximum atomic E-state index is 12.7. The van der Waals surface area contributed by atoms with Crippen LogP contribution < -0.4 is 0 Å². The molecule has 1 aliphatic heterocycles. The summed E-state index contributed by atoms with van der Waals surface area (Å²) in [5.74, 6) is -0.430. The Labute approximate surface area is 134 Å². The highest BCUT2D eigenvalue weighted by molar-refractivity contribution is 6.21. The summed E-state index contributed by atoms with van der Waals surface area (Å²) < 4.78 is 0. The van der Waals surface area contributed by atoms with E-state index in [1.54, 1.807) is 30.3 Å². The topological polar surface area (TPSA) is 61.2 Å². The molecule has 1 atom stereocenters.